The van der Waals surface area contributed by atoms with Gasteiger partial charge >= 0.3 is 0 Å². The Morgan fingerprint density at radius 1 is 1.35 bits per heavy atom. The first kappa shape index (κ1) is 12.9. The summed E-state index contributed by atoms with van der Waals surface area (Å²) < 4.78 is 0. The van der Waals surface area contributed by atoms with Gasteiger partial charge in [0.05, 0.1) is 0 Å². The van der Waals surface area contributed by atoms with Crippen molar-refractivity contribution in [1.29, 1.82) is 0 Å². The van der Waals surface area contributed by atoms with E-state index in [4.69, 9.17) is 0 Å². The molecule has 0 radical (unpaired) electrons. The maximum absolute atomic E-state index is 11.8. The molecule has 2 rings (SSSR count). The molecule has 17 heavy (non-hydrogen) atoms. The SMILES string of the molecule is CC1=CCC(C(C)CC2C(=O)CCC2C)CC1. The van der Waals surface area contributed by atoms with Crippen LogP contribution in [0.4, 0.5) is 0 Å². The van der Waals surface area contributed by atoms with Gasteiger partial charge in [-0.25, -0.2) is 0 Å². The lowest BCUT2D eigenvalue weighted by Gasteiger charge is -2.29. The summed E-state index contributed by atoms with van der Waals surface area (Å²) in [5, 5.41) is 0. The van der Waals surface area contributed by atoms with Gasteiger partial charge in [-0.05, 0) is 56.8 Å². The van der Waals surface area contributed by atoms with E-state index in [0.717, 1.165) is 25.2 Å². The summed E-state index contributed by atoms with van der Waals surface area (Å²) in [6, 6.07) is 0. The highest BCUT2D eigenvalue weighted by Crippen LogP contribution is 2.38. The summed E-state index contributed by atoms with van der Waals surface area (Å²) in [4.78, 5) is 11.8. The molecule has 0 aliphatic heterocycles. The fraction of sp³-hybridized carbons (Fsp3) is 0.812. The van der Waals surface area contributed by atoms with E-state index >= 15 is 0 Å². The first-order valence-corrected chi connectivity index (χ1v) is 7.26. The van der Waals surface area contributed by atoms with Crippen LogP contribution in [0.5, 0.6) is 0 Å². The van der Waals surface area contributed by atoms with Gasteiger partial charge in [-0.2, -0.15) is 0 Å². The van der Waals surface area contributed by atoms with E-state index in [-0.39, 0.29) is 0 Å². The summed E-state index contributed by atoms with van der Waals surface area (Å²) in [5.74, 6) is 3.07. The van der Waals surface area contributed by atoms with Crippen LogP contribution in [0.15, 0.2) is 11.6 Å². The minimum atomic E-state index is 0.372. The molecule has 0 aromatic rings. The number of carbonyl (C=O) groups excluding carboxylic acids is 1. The first-order valence-electron chi connectivity index (χ1n) is 7.26. The molecule has 1 saturated carbocycles. The summed E-state index contributed by atoms with van der Waals surface area (Å²) in [6.45, 7) is 6.86. The predicted molar refractivity (Wildman–Crippen MR) is 71.8 cm³/mol. The van der Waals surface area contributed by atoms with E-state index in [2.05, 4.69) is 26.8 Å². The third-order valence-electron chi connectivity index (χ3n) is 5.06. The molecule has 0 amide bonds. The van der Waals surface area contributed by atoms with Gasteiger partial charge in [0, 0.05) is 12.3 Å². The van der Waals surface area contributed by atoms with Crippen LogP contribution in [0.2, 0.25) is 0 Å². The van der Waals surface area contributed by atoms with Crippen molar-refractivity contribution < 1.29 is 4.79 Å². The highest BCUT2D eigenvalue weighted by atomic mass is 16.1. The molecule has 0 bridgehead atoms. The number of hydrogen-bond acceptors (Lipinski definition) is 1. The summed E-state index contributed by atoms with van der Waals surface area (Å²) >= 11 is 0. The van der Waals surface area contributed by atoms with E-state index in [0.29, 0.717) is 23.5 Å². The lowest BCUT2D eigenvalue weighted by molar-refractivity contribution is -0.121. The van der Waals surface area contributed by atoms with E-state index in [1.807, 2.05) is 0 Å². The Labute approximate surface area is 106 Å². The first-order chi connectivity index (χ1) is 8.08. The number of Topliss-reactive ketones (excluding diaryl/α,β-unsaturated/α-hetero) is 1. The highest BCUT2D eigenvalue weighted by molar-refractivity contribution is 5.83. The van der Waals surface area contributed by atoms with Crippen LogP contribution in [0.25, 0.3) is 0 Å². The van der Waals surface area contributed by atoms with Gasteiger partial charge in [-0.1, -0.05) is 25.5 Å². The number of carbonyl (C=O) groups is 1. The third-order valence-corrected chi connectivity index (χ3v) is 5.06. The van der Waals surface area contributed by atoms with Crippen molar-refractivity contribution >= 4 is 5.78 Å². The largest absolute Gasteiger partial charge is 0.299 e. The van der Waals surface area contributed by atoms with Crippen molar-refractivity contribution in [2.75, 3.05) is 0 Å². The molecule has 96 valence electrons. The predicted octanol–water partition coefficient (Wildman–Crippen LogP) is 4.37. The van der Waals surface area contributed by atoms with Gasteiger partial charge < -0.3 is 0 Å². The zero-order valence-corrected chi connectivity index (χ0v) is 11.5. The van der Waals surface area contributed by atoms with E-state index in [9.17, 15) is 4.79 Å². The van der Waals surface area contributed by atoms with Crippen molar-refractivity contribution in [3.05, 3.63) is 11.6 Å². The smallest absolute Gasteiger partial charge is 0.136 e. The highest BCUT2D eigenvalue weighted by Gasteiger charge is 2.34. The zero-order valence-electron chi connectivity index (χ0n) is 11.5. The molecule has 0 aromatic carbocycles. The van der Waals surface area contributed by atoms with Crippen molar-refractivity contribution in [2.24, 2.45) is 23.7 Å². The number of ketones is 1. The van der Waals surface area contributed by atoms with Gasteiger partial charge in [-0.3, -0.25) is 4.79 Å². The van der Waals surface area contributed by atoms with Gasteiger partial charge in [0.1, 0.15) is 5.78 Å². The van der Waals surface area contributed by atoms with Crippen LogP contribution in [0.1, 0.15) is 59.3 Å². The van der Waals surface area contributed by atoms with Crippen LogP contribution < -0.4 is 0 Å². The molecule has 0 N–H and O–H groups in total. The number of allylic oxidation sites excluding steroid dienone is 2. The van der Waals surface area contributed by atoms with Crippen LogP contribution in [-0.2, 0) is 4.79 Å². The van der Waals surface area contributed by atoms with Crippen LogP contribution in [0, 0.1) is 23.7 Å². The second-order valence-electron chi connectivity index (χ2n) is 6.39. The molecule has 2 aliphatic rings. The number of hydrogen-bond donors (Lipinski definition) is 0. The molecular formula is C16H26O. The van der Waals surface area contributed by atoms with Gasteiger partial charge in [-0.15, -0.1) is 0 Å². The Kier molecular flexibility index (Phi) is 4.06. The van der Waals surface area contributed by atoms with Crippen LogP contribution in [-0.4, -0.2) is 5.78 Å². The monoisotopic (exact) mass is 234 g/mol. The normalized spacial score (nSPS) is 35.8. The molecule has 2 aliphatic carbocycles. The quantitative estimate of drug-likeness (QED) is 0.662. The minimum Gasteiger partial charge on any atom is -0.299 e. The molecular weight excluding hydrogens is 208 g/mol. The fourth-order valence-corrected chi connectivity index (χ4v) is 3.53. The molecule has 1 nitrogen and oxygen atoms in total. The van der Waals surface area contributed by atoms with Crippen molar-refractivity contribution in [2.45, 2.75) is 59.3 Å². The van der Waals surface area contributed by atoms with E-state index in [1.165, 1.54) is 19.3 Å². The van der Waals surface area contributed by atoms with Crippen LogP contribution >= 0.6 is 0 Å². The molecule has 0 heterocycles. The van der Waals surface area contributed by atoms with Gasteiger partial charge in [0.25, 0.3) is 0 Å². The van der Waals surface area contributed by atoms with E-state index < -0.39 is 0 Å². The van der Waals surface area contributed by atoms with Crippen molar-refractivity contribution in [3.8, 4) is 0 Å². The average Bonchev–Trinajstić information content (AvgIpc) is 2.61. The minimum absolute atomic E-state index is 0.372. The summed E-state index contributed by atoms with van der Waals surface area (Å²) in [6.07, 6.45) is 9.34. The molecule has 4 atom stereocenters. The lowest BCUT2D eigenvalue weighted by atomic mass is 9.76. The Balaban J connectivity index is 1.88. The Bertz CT molecular complexity index is 315. The molecule has 0 saturated heterocycles. The molecule has 4 unspecified atom stereocenters. The topological polar surface area (TPSA) is 17.1 Å². The second kappa shape index (κ2) is 5.37. The molecule has 0 aromatic heterocycles. The second-order valence-corrected chi connectivity index (χ2v) is 6.39. The third kappa shape index (κ3) is 3.00. The summed E-state index contributed by atoms with van der Waals surface area (Å²) in [5.41, 5.74) is 1.55. The Morgan fingerprint density at radius 3 is 2.65 bits per heavy atom. The van der Waals surface area contributed by atoms with Crippen molar-refractivity contribution in [3.63, 3.8) is 0 Å². The van der Waals surface area contributed by atoms with Crippen molar-refractivity contribution in [1.82, 2.24) is 0 Å². The maximum Gasteiger partial charge on any atom is 0.136 e. The van der Waals surface area contributed by atoms with Crippen LogP contribution in [0.3, 0.4) is 0 Å². The van der Waals surface area contributed by atoms with Gasteiger partial charge in [0.2, 0.25) is 0 Å². The Morgan fingerprint density at radius 2 is 2.12 bits per heavy atom. The standard InChI is InChI=1S/C16H26O/c1-11-4-7-14(8-5-11)13(3)10-15-12(2)6-9-16(15)17/h4,12-15H,5-10H2,1-3H3. The number of rotatable bonds is 3. The Hall–Kier alpha value is -0.590. The fourth-order valence-electron chi connectivity index (χ4n) is 3.53. The summed E-state index contributed by atoms with van der Waals surface area (Å²) in [7, 11) is 0. The zero-order chi connectivity index (χ0) is 12.4. The van der Waals surface area contributed by atoms with E-state index in [1.54, 1.807) is 5.57 Å². The molecule has 1 heteroatoms. The lowest BCUT2D eigenvalue weighted by Crippen LogP contribution is -2.22. The van der Waals surface area contributed by atoms with Gasteiger partial charge in [0.15, 0.2) is 0 Å². The molecule has 0 spiro atoms. The maximum atomic E-state index is 11.8. The average molecular weight is 234 g/mol. The molecule has 1 fully saturated rings.